The van der Waals surface area contributed by atoms with Gasteiger partial charge in [0.05, 0.1) is 19.3 Å². The summed E-state index contributed by atoms with van der Waals surface area (Å²) in [4.78, 5) is 13.4. The van der Waals surface area contributed by atoms with E-state index in [0.717, 1.165) is 5.69 Å². The second kappa shape index (κ2) is 6.70. The van der Waals surface area contributed by atoms with E-state index >= 15 is 0 Å². The van der Waals surface area contributed by atoms with Crippen LogP contribution in [-0.4, -0.2) is 33.2 Å². The molecular formula is C13H18N2O2. The Bertz CT molecular complexity index is 391. The molecule has 0 bridgehead atoms. The number of hydrogen-bond acceptors (Lipinski definition) is 3. The molecule has 0 unspecified atom stereocenters. The van der Waals surface area contributed by atoms with Crippen LogP contribution in [0.1, 0.15) is 0 Å². The molecule has 0 saturated heterocycles. The molecule has 4 nitrogen and oxygen atoms in total. The Morgan fingerprint density at radius 1 is 1.53 bits per heavy atom. The highest BCUT2D eigenvalue weighted by atomic mass is 16.5. The third-order valence-electron chi connectivity index (χ3n) is 2.39. The molecule has 1 rings (SSSR count). The molecule has 0 fully saturated rings. The van der Waals surface area contributed by atoms with Crippen LogP contribution < -0.4 is 15.0 Å². The normalized spacial score (nSPS) is 9.76. The van der Waals surface area contributed by atoms with E-state index in [9.17, 15) is 4.79 Å². The van der Waals surface area contributed by atoms with Crippen LogP contribution in [0.15, 0.2) is 36.9 Å². The van der Waals surface area contributed by atoms with Gasteiger partial charge in [0, 0.05) is 13.6 Å². The van der Waals surface area contributed by atoms with E-state index in [1.807, 2.05) is 24.3 Å². The molecule has 1 amide bonds. The van der Waals surface area contributed by atoms with E-state index in [0.29, 0.717) is 12.3 Å². The second-order valence-electron chi connectivity index (χ2n) is 3.54. The van der Waals surface area contributed by atoms with Gasteiger partial charge in [-0.3, -0.25) is 4.79 Å². The number of likely N-dealkylation sites (N-methyl/N-ethyl adjacent to an activating group) is 1. The van der Waals surface area contributed by atoms with Crippen molar-refractivity contribution in [3.63, 3.8) is 0 Å². The van der Waals surface area contributed by atoms with E-state index in [2.05, 4.69) is 11.9 Å². The van der Waals surface area contributed by atoms with E-state index in [1.165, 1.54) is 0 Å². The van der Waals surface area contributed by atoms with Gasteiger partial charge in [0.15, 0.2) is 0 Å². The number of carbonyl (C=O) groups is 1. The number of nitrogens with zero attached hydrogens (tertiary/aromatic N) is 1. The molecule has 4 heteroatoms. The van der Waals surface area contributed by atoms with Crippen molar-refractivity contribution in [1.82, 2.24) is 5.32 Å². The summed E-state index contributed by atoms with van der Waals surface area (Å²) in [5, 5.41) is 2.97. The van der Waals surface area contributed by atoms with Crippen LogP contribution in [0.4, 0.5) is 5.69 Å². The average Bonchev–Trinajstić information content (AvgIpc) is 2.38. The molecule has 1 aromatic carbocycles. The Morgan fingerprint density at radius 2 is 2.24 bits per heavy atom. The molecule has 0 radical (unpaired) electrons. The van der Waals surface area contributed by atoms with Gasteiger partial charge in [-0.2, -0.15) is 0 Å². The third-order valence-corrected chi connectivity index (χ3v) is 2.39. The number of hydrogen-bond donors (Lipinski definition) is 1. The zero-order chi connectivity index (χ0) is 12.7. The topological polar surface area (TPSA) is 41.6 Å². The van der Waals surface area contributed by atoms with Crippen molar-refractivity contribution in [2.75, 3.05) is 32.1 Å². The minimum atomic E-state index is -0.0173. The van der Waals surface area contributed by atoms with Crippen LogP contribution in [0.3, 0.4) is 0 Å². The van der Waals surface area contributed by atoms with Crippen molar-refractivity contribution in [2.45, 2.75) is 0 Å². The van der Waals surface area contributed by atoms with Crippen molar-refractivity contribution in [3.8, 4) is 5.75 Å². The third kappa shape index (κ3) is 3.60. The molecule has 1 aromatic rings. The molecule has 0 spiro atoms. The highest BCUT2D eigenvalue weighted by Crippen LogP contribution is 2.26. The first-order valence-electron chi connectivity index (χ1n) is 5.42. The van der Waals surface area contributed by atoms with Gasteiger partial charge in [0.2, 0.25) is 5.91 Å². The van der Waals surface area contributed by atoms with E-state index < -0.39 is 0 Å². The highest BCUT2D eigenvalue weighted by Gasteiger charge is 2.13. The zero-order valence-corrected chi connectivity index (χ0v) is 10.3. The second-order valence-corrected chi connectivity index (χ2v) is 3.54. The van der Waals surface area contributed by atoms with Gasteiger partial charge in [-0.15, -0.1) is 6.58 Å². The number of carbonyl (C=O) groups excluding carboxylic acids is 1. The minimum absolute atomic E-state index is 0.0173. The summed E-state index contributed by atoms with van der Waals surface area (Å²) in [7, 11) is 3.32. The standard InChI is InChI=1S/C13H18N2O2/c1-4-9-14-10-13(16)15(2)11-7-5-6-8-12(11)17-3/h4-8,14H,1,9-10H2,2-3H3. The summed E-state index contributed by atoms with van der Waals surface area (Å²) < 4.78 is 5.21. The first-order valence-corrected chi connectivity index (χ1v) is 5.42. The predicted octanol–water partition coefficient (Wildman–Crippen LogP) is 1.43. The number of benzene rings is 1. The lowest BCUT2D eigenvalue weighted by Gasteiger charge is -2.19. The molecule has 0 atom stereocenters. The van der Waals surface area contributed by atoms with Crippen LogP contribution in [0.2, 0.25) is 0 Å². The van der Waals surface area contributed by atoms with E-state index in [4.69, 9.17) is 4.74 Å². The Labute approximate surface area is 102 Å². The summed E-state index contributed by atoms with van der Waals surface area (Å²) in [5.41, 5.74) is 0.764. The maximum Gasteiger partial charge on any atom is 0.240 e. The van der Waals surface area contributed by atoms with Gasteiger partial charge in [-0.1, -0.05) is 18.2 Å². The Hall–Kier alpha value is -1.81. The summed E-state index contributed by atoms with van der Waals surface area (Å²) in [6, 6.07) is 7.43. The van der Waals surface area contributed by atoms with Crippen molar-refractivity contribution >= 4 is 11.6 Å². The fraction of sp³-hybridized carbons (Fsp3) is 0.308. The summed E-state index contributed by atoms with van der Waals surface area (Å²) in [5.74, 6) is 0.670. The molecule has 17 heavy (non-hydrogen) atoms. The monoisotopic (exact) mass is 234 g/mol. The molecular weight excluding hydrogens is 216 g/mol. The lowest BCUT2D eigenvalue weighted by atomic mass is 10.2. The number of anilines is 1. The van der Waals surface area contributed by atoms with Crippen LogP contribution in [0.25, 0.3) is 0 Å². The van der Waals surface area contributed by atoms with Gasteiger partial charge in [0.1, 0.15) is 5.75 Å². The lowest BCUT2D eigenvalue weighted by Crippen LogP contribution is -2.35. The molecule has 92 valence electrons. The van der Waals surface area contributed by atoms with Gasteiger partial charge in [-0.25, -0.2) is 0 Å². The SMILES string of the molecule is C=CCNCC(=O)N(C)c1ccccc1OC. The zero-order valence-electron chi connectivity index (χ0n) is 10.3. The maximum atomic E-state index is 11.9. The average molecular weight is 234 g/mol. The van der Waals surface area contributed by atoms with Gasteiger partial charge < -0.3 is 15.0 Å². The van der Waals surface area contributed by atoms with Crippen molar-refractivity contribution in [2.24, 2.45) is 0 Å². The van der Waals surface area contributed by atoms with Crippen molar-refractivity contribution in [3.05, 3.63) is 36.9 Å². The minimum Gasteiger partial charge on any atom is -0.495 e. The number of para-hydroxylation sites is 2. The quantitative estimate of drug-likeness (QED) is 0.598. The summed E-state index contributed by atoms with van der Waals surface area (Å²) in [6.45, 7) is 4.48. The fourth-order valence-corrected chi connectivity index (χ4v) is 1.44. The van der Waals surface area contributed by atoms with Crippen LogP contribution in [-0.2, 0) is 4.79 Å². The smallest absolute Gasteiger partial charge is 0.240 e. The number of nitrogens with one attached hydrogen (secondary N) is 1. The van der Waals surface area contributed by atoms with Crippen molar-refractivity contribution in [1.29, 1.82) is 0 Å². The lowest BCUT2D eigenvalue weighted by molar-refractivity contribution is -0.117. The van der Waals surface area contributed by atoms with Gasteiger partial charge >= 0.3 is 0 Å². The first kappa shape index (κ1) is 13.3. The molecule has 1 N–H and O–H groups in total. The Morgan fingerprint density at radius 3 is 2.88 bits per heavy atom. The molecule has 0 aliphatic heterocycles. The van der Waals surface area contributed by atoms with Crippen LogP contribution >= 0.6 is 0 Å². The summed E-state index contributed by atoms with van der Waals surface area (Å²) >= 11 is 0. The molecule has 0 aliphatic carbocycles. The summed E-state index contributed by atoms with van der Waals surface area (Å²) in [6.07, 6.45) is 1.72. The van der Waals surface area contributed by atoms with Crippen molar-refractivity contribution < 1.29 is 9.53 Å². The maximum absolute atomic E-state index is 11.9. The number of ether oxygens (including phenoxy) is 1. The fourth-order valence-electron chi connectivity index (χ4n) is 1.44. The predicted molar refractivity (Wildman–Crippen MR) is 69.5 cm³/mol. The Balaban J connectivity index is 2.70. The highest BCUT2D eigenvalue weighted by molar-refractivity contribution is 5.95. The largest absolute Gasteiger partial charge is 0.495 e. The van der Waals surface area contributed by atoms with Gasteiger partial charge in [-0.05, 0) is 12.1 Å². The molecule has 0 aliphatic rings. The van der Waals surface area contributed by atoms with E-state index in [1.54, 1.807) is 25.1 Å². The number of rotatable bonds is 6. The number of methoxy groups -OCH3 is 1. The first-order chi connectivity index (χ1) is 8.20. The molecule has 0 saturated carbocycles. The van der Waals surface area contributed by atoms with Crippen LogP contribution in [0.5, 0.6) is 5.75 Å². The molecule has 0 aromatic heterocycles. The van der Waals surface area contributed by atoms with E-state index in [-0.39, 0.29) is 12.5 Å². The molecule has 0 heterocycles. The Kier molecular flexibility index (Phi) is 5.23. The number of amides is 1. The van der Waals surface area contributed by atoms with Crippen LogP contribution in [0, 0.1) is 0 Å². The van der Waals surface area contributed by atoms with Gasteiger partial charge in [0.25, 0.3) is 0 Å².